The van der Waals surface area contributed by atoms with Gasteiger partial charge >= 0.3 is 0 Å². The Bertz CT molecular complexity index is 1570. The highest BCUT2D eigenvalue weighted by molar-refractivity contribution is 6.10. The summed E-state index contributed by atoms with van der Waals surface area (Å²) in [6, 6.07) is 23.2. The molecule has 2 heterocycles. The van der Waals surface area contributed by atoms with E-state index < -0.39 is 0 Å². The van der Waals surface area contributed by atoms with Gasteiger partial charge in [0.05, 0.1) is 24.4 Å². The average Bonchev–Trinajstić information content (AvgIpc) is 3.17. The summed E-state index contributed by atoms with van der Waals surface area (Å²) in [5.41, 5.74) is 12.1. The first-order valence-corrected chi connectivity index (χ1v) is 11.6. The lowest BCUT2D eigenvalue weighted by Crippen LogP contribution is -2.26. The smallest absolute Gasteiger partial charge is 0.257 e. The van der Waals surface area contributed by atoms with Crippen LogP contribution >= 0.6 is 0 Å². The van der Waals surface area contributed by atoms with Crippen LogP contribution in [-0.2, 0) is 6.42 Å². The van der Waals surface area contributed by atoms with E-state index in [2.05, 4.69) is 10.4 Å². The molecule has 0 atom stereocenters. The minimum atomic E-state index is -0.320. The van der Waals surface area contributed by atoms with Crippen molar-refractivity contribution in [2.45, 2.75) is 13.3 Å². The van der Waals surface area contributed by atoms with Gasteiger partial charge in [0.2, 0.25) is 0 Å². The number of nitrogen functional groups attached to an aromatic ring is 1. The number of benzene rings is 3. The number of para-hydroxylation sites is 2. The number of aromatic nitrogens is 3. The Balaban J connectivity index is 1.48. The molecule has 5 rings (SSSR count). The molecular formula is C28H26N6O2. The highest BCUT2D eigenvalue weighted by Crippen LogP contribution is 2.28. The molecule has 1 amide bonds. The quantitative estimate of drug-likeness (QED) is 0.339. The molecule has 0 fully saturated rings. The highest BCUT2D eigenvalue weighted by Gasteiger charge is 2.23. The molecule has 2 aromatic heterocycles. The number of aryl methyl sites for hydroxylation is 1. The Morgan fingerprint density at radius 2 is 1.72 bits per heavy atom. The number of carbonyl (C=O) groups is 1. The topological polar surface area (TPSA) is 107 Å². The van der Waals surface area contributed by atoms with Crippen molar-refractivity contribution in [2.24, 2.45) is 5.10 Å². The van der Waals surface area contributed by atoms with Crippen molar-refractivity contribution < 1.29 is 9.53 Å². The van der Waals surface area contributed by atoms with Crippen molar-refractivity contribution in [2.75, 3.05) is 19.4 Å². The molecule has 180 valence electrons. The molecule has 0 spiro atoms. The van der Waals surface area contributed by atoms with Crippen LogP contribution in [0.5, 0.6) is 5.75 Å². The molecule has 0 aliphatic heterocycles. The van der Waals surface area contributed by atoms with E-state index >= 15 is 0 Å². The molecule has 8 heteroatoms. The van der Waals surface area contributed by atoms with E-state index in [9.17, 15) is 4.79 Å². The van der Waals surface area contributed by atoms with Crippen molar-refractivity contribution in [1.82, 2.24) is 20.0 Å². The summed E-state index contributed by atoms with van der Waals surface area (Å²) in [4.78, 5) is 22.7. The van der Waals surface area contributed by atoms with Gasteiger partial charge in [-0.15, -0.1) is 0 Å². The predicted octanol–water partition coefficient (Wildman–Crippen LogP) is 4.34. The number of nitrogens with two attached hydrogens (primary N) is 1. The lowest BCUT2D eigenvalue weighted by molar-refractivity contribution is 0.0956. The zero-order chi connectivity index (χ0) is 25.1. The van der Waals surface area contributed by atoms with Crippen LogP contribution in [0, 0.1) is 6.92 Å². The van der Waals surface area contributed by atoms with Gasteiger partial charge in [0.1, 0.15) is 22.6 Å². The molecule has 0 aliphatic carbocycles. The SMILES string of the molecule is COc1ccc(CCNC(=O)c2c(N)n(/N=C/c3ccc(C)cc3)c3nc4ccccc4nc23)cc1. The lowest BCUT2D eigenvalue weighted by atomic mass is 10.1. The monoisotopic (exact) mass is 478 g/mol. The van der Waals surface area contributed by atoms with Crippen LogP contribution in [0.4, 0.5) is 5.82 Å². The number of carbonyl (C=O) groups excluding carboxylic acids is 1. The summed E-state index contributed by atoms with van der Waals surface area (Å²) < 4.78 is 6.68. The van der Waals surface area contributed by atoms with Gasteiger partial charge in [0.25, 0.3) is 5.91 Å². The van der Waals surface area contributed by atoms with Crippen LogP contribution < -0.4 is 15.8 Å². The van der Waals surface area contributed by atoms with Crippen LogP contribution in [0.1, 0.15) is 27.0 Å². The van der Waals surface area contributed by atoms with E-state index in [0.717, 1.165) is 22.4 Å². The number of nitrogens with one attached hydrogen (secondary N) is 1. The Morgan fingerprint density at radius 1 is 1.03 bits per heavy atom. The number of fused-ring (bicyclic) bond motifs is 2. The van der Waals surface area contributed by atoms with Crippen molar-refractivity contribution in [1.29, 1.82) is 0 Å². The molecule has 36 heavy (non-hydrogen) atoms. The van der Waals surface area contributed by atoms with Gasteiger partial charge in [0.15, 0.2) is 5.65 Å². The summed E-state index contributed by atoms with van der Waals surface area (Å²) in [6.07, 6.45) is 2.35. The molecule has 0 bridgehead atoms. The van der Waals surface area contributed by atoms with Crippen LogP contribution in [0.25, 0.3) is 22.2 Å². The third-order valence-corrected chi connectivity index (χ3v) is 5.96. The van der Waals surface area contributed by atoms with Crippen molar-refractivity contribution in [3.05, 3.63) is 95.1 Å². The molecule has 0 saturated carbocycles. The van der Waals surface area contributed by atoms with E-state index in [1.54, 1.807) is 13.3 Å². The molecule has 3 N–H and O–H groups in total. The molecule has 0 unspecified atom stereocenters. The third kappa shape index (κ3) is 4.61. The van der Waals surface area contributed by atoms with Crippen LogP contribution in [-0.4, -0.2) is 40.4 Å². The molecular weight excluding hydrogens is 452 g/mol. The third-order valence-electron chi connectivity index (χ3n) is 5.96. The van der Waals surface area contributed by atoms with Gasteiger partial charge in [-0.25, -0.2) is 9.97 Å². The first kappa shape index (κ1) is 23.0. The summed E-state index contributed by atoms with van der Waals surface area (Å²) in [5.74, 6) is 0.658. The molecule has 0 radical (unpaired) electrons. The summed E-state index contributed by atoms with van der Waals surface area (Å²) >= 11 is 0. The zero-order valence-corrected chi connectivity index (χ0v) is 20.1. The Morgan fingerprint density at radius 3 is 2.42 bits per heavy atom. The number of anilines is 1. The predicted molar refractivity (Wildman–Crippen MR) is 143 cm³/mol. The lowest BCUT2D eigenvalue weighted by Gasteiger charge is -2.06. The summed E-state index contributed by atoms with van der Waals surface area (Å²) in [5, 5.41) is 7.53. The average molecular weight is 479 g/mol. The second-order valence-corrected chi connectivity index (χ2v) is 8.47. The maximum atomic E-state index is 13.3. The normalized spacial score (nSPS) is 11.4. The van der Waals surface area contributed by atoms with Gasteiger partial charge in [-0.05, 0) is 48.7 Å². The number of nitrogens with zero attached hydrogens (tertiary/aromatic N) is 4. The first-order valence-electron chi connectivity index (χ1n) is 11.6. The van der Waals surface area contributed by atoms with E-state index in [4.69, 9.17) is 20.4 Å². The number of hydrogen-bond acceptors (Lipinski definition) is 6. The fourth-order valence-electron chi connectivity index (χ4n) is 3.97. The standard InChI is InChI=1S/C28H26N6O2/c1-18-7-9-20(10-8-18)17-31-34-26(29)24(25-27(34)33-23-6-4-3-5-22(23)32-25)28(35)30-16-15-19-11-13-21(36-2)14-12-19/h3-14,17H,15-16,29H2,1-2H3,(H,30,35)/b31-17+. The van der Waals surface area contributed by atoms with Crippen molar-refractivity contribution in [3.8, 4) is 5.75 Å². The van der Waals surface area contributed by atoms with Crippen LogP contribution in [0.3, 0.4) is 0 Å². The maximum Gasteiger partial charge on any atom is 0.257 e. The van der Waals surface area contributed by atoms with Gasteiger partial charge in [-0.3, -0.25) is 4.79 Å². The number of rotatable bonds is 7. The Labute approximate surface area is 208 Å². The molecule has 0 saturated heterocycles. The minimum absolute atomic E-state index is 0.186. The van der Waals surface area contributed by atoms with Crippen LogP contribution in [0.15, 0.2) is 77.9 Å². The largest absolute Gasteiger partial charge is 0.497 e. The minimum Gasteiger partial charge on any atom is -0.497 e. The van der Waals surface area contributed by atoms with E-state index in [1.165, 1.54) is 4.68 Å². The summed E-state index contributed by atoms with van der Waals surface area (Å²) in [6.45, 7) is 2.46. The number of amides is 1. The fourth-order valence-corrected chi connectivity index (χ4v) is 3.97. The number of ether oxygens (including phenoxy) is 1. The Kier molecular flexibility index (Phi) is 6.32. The summed E-state index contributed by atoms with van der Waals surface area (Å²) in [7, 11) is 1.63. The maximum absolute atomic E-state index is 13.3. The van der Waals surface area contributed by atoms with Crippen molar-refractivity contribution >= 4 is 40.1 Å². The first-order chi connectivity index (χ1) is 17.5. The molecule has 5 aromatic rings. The van der Waals surface area contributed by atoms with Gasteiger partial charge in [0, 0.05) is 6.54 Å². The zero-order valence-electron chi connectivity index (χ0n) is 20.1. The second kappa shape index (κ2) is 9.87. The van der Waals surface area contributed by atoms with Gasteiger partial charge < -0.3 is 15.8 Å². The van der Waals surface area contributed by atoms with E-state index in [1.807, 2.05) is 79.7 Å². The van der Waals surface area contributed by atoms with Gasteiger partial charge in [-0.1, -0.05) is 54.1 Å². The highest BCUT2D eigenvalue weighted by atomic mass is 16.5. The number of methoxy groups -OCH3 is 1. The fraction of sp³-hybridized carbons (Fsp3) is 0.143. The number of hydrogen-bond donors (Lipinski definition) is 2. The molecule has 3 aromatic carbocycles. The molecule has 8 nitrogen and oxygen atoms in total. The van der Waals surface area contributed by atoms with E-state index in [0.29, 0.717) is 35.2 Å². The molecule has 0 aliphatic rings. The second-order valence-electron chi connectivity index (χ2n) is 8.47. The van der Waals surface area contributed by atoms with Crippen LogP contribution in [0.2, 0.25) is 0 Å². The van der Waals surface area contributed by atoms with Gasteiger partial charge in [-0.2, -0.15) is 9.78 Å². The van der Waals surface area contributed by atoms with Crippen molar-refractivity contribution in [3.63, 3.8) is 0 Å². The Hall–Kier alpha value is -4.72. The van der Waals surface area contributed by atoms with E-state index in [-0.39, 0.29) is 17.3 Å².